The summed E-state index contributed by atoms with van der Waals surface area (Å²) in [4.78, 5) is 27.8. The molecule has 0 amide bonds. The van der Waals surface area contributed by atoms with E-state index in [2.05, 4.69) is 23.8 Å². The average molecular weight is 238 g/mol. The molecule has 0 N–H and O–H groups in total. The third-order valence-corrected chi connectivity index (χ3v) is 3.03. The van der Waals surface area contributed by atoms with E-state index in [4.69, 9.17) is 0 Å². The Kier molecular flexibility index (Phi) is 10.4. The highest BCUT2D eigenvalue weighted by Gasteiger charge is 2.11. The lowest BCUT2D eigenvalue weighted by atomic mass is 9.95. The molecule has 0 rings (SSSR count). The molecular formula is C13H22N2O2. The molecule has 2 atom stereocenters. The molecule has 4 nitrogen and oxygen atoms in total. The Balaban J connectivity index is 4.06. The Morgan fingerprint density at radius 3 is 2.35 bits per heavy atom. The summed E-state index contributed by atoms with van der Waals surface area (Å²) < 4.78 is 0. The first-order valence-corrected chi connectivity index (χ1v) is 6.39. The predicted octanol–water partition coefficient (Wildman–Crippen LogP) is 3.02. The SMILES string of the molecule is CCCCC(CCC(CC)CN=C=O)N=C=O. The van der Waals surface area contributed by atoms with Crippen LogP contribution in [-0.4, -0.2) is 24.7 Å². The van der Waals surface area contributed by atoms with Gasteiger partial charge in [0, 0.05) is 0 Å². The third kappa shape index (κ3) is 8.56. The van der Waals surface area contributed by atoms with Crippen LogP contribution in [0.15, 0.2) is 9.98 Å². The number of nitrogens with zero attached hydrogens (tertiary/aromatic N) is 2. The van der Waals surface area contributed by atoms with Crippen molar-refractivity contribution in [3.8, 4) is 0 Å². The monoisotopic (exact) mass is 238 g/mol. The number of hydrogen-bond acceptors (Lipinski definition) is 4. The maximum Gasteiger partial charge on any atom is 0.235 e. The molecule has 0 aromatic heterocycles. The fourth-order valence-electron chi connectivity index (χ4n) is 1.81. The summed E-state index contributed by atoms with van der Waals surface area (Å²) in [7, 11) is 0. The van der Waals surface area contributed by atoms with Crippen LogP contribution in [0.2, 0.25) is 0 Å². The van der Waals surface area contributed by atoms with Crippen LogP contribution in [0, 0.1) is 5.92 Å². The molecule has 2 unspecified atom stereocenters. The Labute approximate surface area is 103 Å². The minimum absolute atomic E-state index is 0.0849. The van der Waals surface area contributed by atoms with Gasteiger partial charge in [-0.25, -0.2) is 19.6 Å². The third-order valence-electron chi connectivity index (χ3n) is 3.03. The Bertz CT molecular complexity index is 279. The van der Waals surface area contributed by atoms with E-state index >= 15 is 0 Å². The lowest BCUT2D eigenvalue weighted by Gasteiger charge is -2.14. The Morgan fingerprint density at radius 2 is 1.82 bits per heavy atom. The first-order valence-electron chi connectivity index (χ1n) is 6.39. The van der Waals surface area contributed by atoms with Crippen molar-refractivity contribution < 1.29 is 9.59 Å². The van der Waals surface area contributed by atoms with E-state index < -0.39 is 0 Å². The number of aliphatic imine (C=N–C) groups is 2. The Hall–Kier alpha value is -1.24. The molecule has 0 aromatic rings. The van der Waals surface area contributed by atoms with E-state index in [9.17, 15) is 9.59 Å². The molecule has 0 spiro atoms. The predicted molar refractivity (Wildman–Crippen MR) is 67.4 cm³/mol. The minimum atomic E-state index is 0.0849. The molecule has 0 aliphatic rings. The van der Waals surface area contributed by atoms with E-state index in [0.29, 0.717) is 12.5 Å². The van der Waals surface area contributed by atoms with Crippen LogP contribution in [-0.2, 0) is 9.59 Å². The zero-order valence-corrected chi connectivity index (χ0v) is 10.8. The van der Waals surface area contributed by atoms with Gasteiger partial charge in [-0.1, -0.05) is 33.1 Å². The van der Waals surface area contributed by atoms with Gasteiger partial charge in [-0.15, -0.1) is 0 Å². The van der Waals surface area contributed by atoms with Crippen LogP contribution in [0.4, 0.5) is 0 Å². The van der Waals surface area contributed by atoms with Gasteiger partial charge in [-0.05, 0) is 25.2 Å². The van der Waals surface area contributed by atoms with Crippen LogP contribution in [0.5, 0.6) is 0 Å². The summed E-state index contributed by atoms with van der Waals surface area (Å²) in [5.41, 5.74) is 0. The molecule has 4 heteroatoms. The van der Waals surface area contributed by atoms with Crippen LogP contribution in [0.25, 0.3) is 0 Å². The summed E-state index contributed by atoms with van der Waals surface area (Å²) >= 11 is 0. The molecular weight excluding hydrogens is 216 g/mol. The smallest absolute Gasteiger partial charge is 0.211 e. The van der Waals surface area contributed by atoms with Crippen LogP contribution in [0.3, 0.4) is 0 Å². The Morgan fingerprint density at radius 1 is 1.06 bits per heavy atom. The van der Waals surface area contributed by atoms with Gasteiger partial charge >= 0.3 is 0 Å². The molecule has 0 radical (unpaired) electrons. The second-order valence-electron chi connectivity index (χ2n) is 4.30. The molecule has 0 bridgehead atoms. The normalized spacial score (nSPS) is 13.3. The molecule has 0 heterocycles. The van der Waals surface area contributed by atoms with Crippen LogP contribution in [0.1, 0.15) is 52.4 Å². The quantitative estimate of drug-likeness (QED) is 0.434. The van der Waals surface area contributed by atoms with E-state index in [-0.39, 0.29) is 6.04 Å². The summed E-state index contributed by atoms with van der Waals surface area (Å²) in [6.45, 7) is 4.73. The molecule has 17 heavy (non-hydrogen) atoms. The lowest BCUT2D eigenvalue weighted by molar-refractivity contribution is 0.420. The van der Waals surface area contributed by atoms with Gasteiger partial charge in [-0.2, -0.15) is 0 Å². The second kappa shape index (κ2) is 11.3. The largest absolute Gasteiger partial charge is 0.235 e. The first kappa shape index (κ1) is 15.8. The summed E-state index contributed by atoms with van der Waals surface area (Å²) in [6, 6.07) is 0.0849. The van der Waals surface area contributed by atoms with Gasteiger partial charge in [0.05, 0.1) is 12.6 Å². The van der Waals surface area contributed by atoms with Gasteiger partial charge in [0.2, 0.25) is 12.2 Å². The molecule has 0 fully saturated rings. The van der Waals surface area contributed by atoms with Crippen molar-refractivity contribution in [2.45, 2.75) is 58.4 Å². The fraction of sp³-hybridized carbons (Fsp3) is 0.846. The molecule has 0 aliphatic carbocycles. The van der Waals surface area contributed by atoms with Crippen LogP contribution >= 0.6 is 0 Å². The van der Waals surface area contributed by atoms with Crippen molar-refractivity contribution in [1.29, 1.82) is 0 Å². The van der Waals surface area contributed by atoms with Crippen LogP contribution < -0.4 is 0 Å². The molecule has 0 saturated carbocycles. The van der Waals surface area contributed by atoms with E-state index in [1.165, 1.54) is 0 Å². The molecule has 0 aliphatic heterocycles. The zero-order chi connectivity index (χ0) is 12.9. The lowest BCUT2D eigenvalue weighted by Crippen LogP contribution is -2.10. The van der Waals surface area contributed by atoms with Crippen molar-refractivity contribution in [2.24, 2.45) is 15.9 Å². The maximum absolute atomic E-state index is 10.3. The average Bonchev–Trinajstić information content (AvgIpc) is 2.35. The number of rotatable bonds is 10. The summed E-state index contributed by atoms with van der Waals surface area (Å²) in [6.07, 6.45) is 9.16. The van der Waals surface area contributed by atoms with Crippen molar-refractivity contribution in [1.82, 2.24) is 0 Å². The summed E-state index contributed by atoms with van der Waals surface area (Å²) in [5.74, 6) is 0.391. The number of isocyanates is 2. The molecule has 0 aromatic carbocycles. The highest BCUT2D eigenvalue weighted by Crippen LogP contribution is 2.17. The first-order chi connectivity index (χ1) is 8.28. The highest BCUT2D eigenvalue weighted by atomic mass is 16.1. The maximum atomic E-state index is 10.3. The topological polar surface area (TPSA) is 58.9 Å². The van der Waals surface area contributed by atoms with Gasteiger partial charge in [0.25, 0.3) is 0 Å². The van der Waals surface area contributed by atoms with Crippen molar-refractivity contribution in [3.63, 3.8) is 0 Å². The molecule has 0 saturated heterocycles. The standard InChI is InChI=1S/C13H22N2O2/c1-3-5-6-13(15-11-17)8-7-12(4-2)9-14-10-16/h12-13H,3-9H2,1-2H3. The number of unbranched alkanes of at least 4 members (excludes halogenated alkanes) is 1. The van der Waals surface area contributed by atoms with Gasteiger partial charge in [0.15, 0.2) is 0 Å². The minimum Gasteiger partial charge on any atom is -0.211 e. The zero-order valence-electron chi connectivity index (χ0n) is 10.8. The number of carbonyl (C=O) groups excluding carboxylic acids is 2. The van der Waals surface area contributed by atoms with Crippen molar-refractivity contribution in [2.75, 3.05) is 6.54 Å². The van der Waals surface area contributed by atoms with Crippen molar-refractivity contribution >= 4 is 12.2 Å². The summed E-state index contributed by atoms with van der Waals surface area (Å²) in [5, 5.41) is 0. The molecule has 96 valence electrons. The van der Waals surface area contributed by atoms with Gasteiger partial charge in [0.1, 0.15) is 0 Å². The second-order valence-corrected chi connectivity index (χ2v) is 4.30. The fourth-order valence-corrected chi connectivity index (χ4v) is 1.81. The van der Waals surface area contributed by atoms with Gasteiger partial charge < -0.3 is 0 Å². The van der Waals surface area contributed by atoms with E-state index in [1.807, 2.05) is 0 Å². The highest BCUT2D eigenvalue weighted by molar-refractivity contribution is 5.33. The number of hydrogen-bond donors (Lipinski definition) is 0. The van der Waals surface area contributed by atoms with E-state index in [1.54, 1.807) is 12.2 Å². The van der Waals surface area contributed by atoms with E-state index in [0.717, 1.165) is 38.5 Å². The van der Waals surface area contributed by atoms with Crippen molar-refractivity contribution in [3.05, 3.63) is 0 Å². The van der Waals surface area contributed by atoms with Gasteiger partial charge in [-0.3, -0.25) is 0 Å².